The number of hydrogen-bond acceptors (Lipinski definition) is 8. The molecule has 156 valence electrons. The summed E-state index contributed by atoms with van der Waals surface area (Å²) in [6, 6.07) is 3.75. The van der Waals surface area contributed by atoms with Crippen molar-refractivity contribution in [1.29, 1.82) is 0 Å². The van der Waals surface area contributed by atoms with Gasteiger partial charge in [-0.2, -0.15) is 0 Å². The molecular weight excluding hydrogens is 390 g/mol. The number of aromatic nitrogens is 1. The van der Waals surface area contributed by atoms with E-state index in [0.717, 1.165) is 5.56 Å². The molecule has 0 saturated carbocycles. The lowest BCUT2D eigenvalue weighted by atomic mass is 10.0. The lowest BCUT2D eigenvalue weighted by molar-refractivity contribution is -0.289. The normalized spacial score (nSPS) is 24.8. The minimum atomic E-state index is -3.79. The molecule has 2 N–H and O–H groups in total. The first-order chi connectivity index (χ1) is 13.4. The van der Waals surface area contributed by atoms with Crippen molar-refractivity contribution in [2.75, 3.05) is 26.3 Å². The second-order valence-corrected chi connectivity index (χ2v) is 9.10. The molecule has 2 unspecified atom stereocenters. The number of carbonyl (C=O) groups excluding carboxylic acids is 1. The van der Waals surface area contributed by atoms with Crippen LogP contribution in [0.2, 0.25) is 0 Å². The van der Waals surface area contributed by atoms with Gasteiger partial charge in [0, 0.05) is 32.1 Å². The lowest BCUT2D eigenvalue weighted by Crippen LogP contribution is -2.53. The van der Waals surface area contributed by atoms with E-state index in [4.69, 9.17) is 19.9 Å². The number of carbonyl (C=O) groups is 1. The maximum atomic E-state index is 13.1. The summed E-state index contributed by atoms with van der Waals surface area (Å²) < 4.78 is 38.5. The molecule has 2 aliphatic heterocycles. The fourth-order valence-corrected chi connectivity index (χ4v) is 5.70. The topological polar surface area (TPSA) is 130 Å². The molecule has 0 aromatic carbocycles. The summed E-state index contributed by atoms with van der Waals surface area (Å²) >= 11 is 0. The Hall–Kier alpha value is -1.63. The maximum Gasteiger partial charge on any atom is 0.279 e. The Morgan fingerprint density at radius 1 is 1.32 bits per heavy atom. The Morgan fingerprint density at radius 3 is 2.71 bits per heavy atom. The van der Waals surface area contributed by atoms with Crippen molar-refractivity contribution in [2.45, 2.75) is 37.2 Å². The maximum absolute atomic E-state index is 13.1. The molecular formula is C17H25N3O7S. The minimum absolute atomic E-state index is 0.0517. The summed E-state index contributed by atoms with van der Waals surface area (Å²) in [5.74, 6) is -2.23. The number of nitrogens with zero attached hydrogens (tertiary/aromatic N) is 3. The van der Waals surface area contributed by atoms with Gasteiger partial charge in [-0.25, -0.2) is 12.7 Å². The van der Waals surface area contributed by atoms with Crippen LogP contribution in [0.1, 0.15) is 24.8 Å². The lowest BCUT2D eigenvalue weighted by Gasteiger charge is -2.37. The van der Waals surface area contributed by atoms with Gasteiger partial charge < -0.3 is 9.47 Å². The van der Waals surface area contributed by atoms with Gasteiger partial charge in [-0.3, -0.25) is 20.2 Å². The van der Waals surface area contributed by atoms with Crippen LogP contribution in [0.15, 0.2) is 24.5 Å². The van der Waals surface area contributed by atoms with Crippen LogP contribution in [-0.2, 0) is 30.9 Å². The van der Waals surface area contributed by atoms with E-state index in [-0.39, 0.29) is 25.7 Å². The number of rotatable bonds is 6. The smallest absolute Gasteiger partial charge is 0.279 e. The van der Waals surface area contributed by atoms with Crippen LogP contribution in [-0.4, -0.2) is 76.9 Å². The van der Waals surface area contributed by atoms with Crippen molar-refractivity contribution >= 4 is 15.9 Å². The number of hydrogen-bond donors (Lipinski definition) is 2. The van der Waals surface area contributed by atoms with Crippen molar-refractivity contribution in [1.82, 2.24) is 14.5 Å². The molecule has 2 saturated heterocycles. The summed E-state index contributed by atoms with van der Waals surface area (Å²) in [6.45, 7) is 1.05. The van der Waals surface area contributed by atoms with E-state index in [1.807, 2.05) is 12.1 Å². The molecule has 0 spiro atoms. The number of piperidine rings is 1. The van der Waals surface area contributed by atoms with Gasteiger partial charge in [-0.15, -0.1) is 0 Å². The zero-order valence-corrected chi connectivity index (χ0v) is 16.2. The van der Waals surface area contributed by atoms with Crippen LogP contribution < -0.4 is 0 Å². The number of ether oxygens (including phenoxy) is 2. The van der Waals surface area contributed by atoms with Gasteiger partial charge in [0.15, 0.2) is 0 Å². The van der Waals surface area contributed by atoms with Gasteiger partial charge >= 0.3 is 0 Å². The molecule has 1 aromatic rings. The van der Waals surface area contributed by atoms with Crippen LogP contribution >= 0.6 is 0 Å². The first-order valence-electron chi connectivity index (χ1n) is 9.18. The van der Waals surface area contributed by atoms with Gasteiger partial charge in [0.1, 0.15) is 0 Å². The van der Waals surface area contributed by atoms with E-state index >= 15 is 0 Å². The van der Waals surface area contributed by atoms with E-state index in [0.29, 0.717) is 32.5 Å². The number of pyridine rings is 1. The summed E-state index contributed by atoms with van der Waals surface area (Å²) in [4.78, 5) is 16.0. The van der Waals surface area contributed by atoms with Crippen molar-refractivity contribution < 1.29 is 33.1 Å². The van der Waals surface area contributed by atoms with Crippen LogP contribution in [0.5, 0.6) is 0 Å². The van der Waals surface area contributed by atoms with Crippen LogP contribution in [0, 0.1) is 5.92 Å². The fraction of sp³-hybridized carbons (Fsp3) is 0.647. The SMILES string of the molecule is O=C(C1COCCC1S(=O)(=O)N1CCC(OCc2cccnc2)CC1)N(O)O. The molecule has 2 aliphatic rings. The predicted molar refractivity (Wildman–Crippen MR) is 95.7 cm³/mol. The Morgan fingerprint density at radius 2 is 2.07 bits per heavy atom. The highest BCUT2D eigenvalue weighted by molar-refractivity contribution is 7.89. The van der Waals surface area contributed by atoms with Crippen molar-refractivity contribution in [3.05, 3.63) is 30.1 Å². The van der Waals surface area contributed by atoms with Crippen molar-refractivity contribution in [3.8, 4) is 0 Å². The average Bonchev–Trinajstić information content (AvgIpc) is 2.72. The minimum Gasteiger partial charge on any atom is -0.381 e. The van der Waals surface area contributed by atoms with E-state index in [9.17, 15) is 13.2 Å². The Balaban J connectivity index is 1.58. The quantitative estimate of drug-likeness (QED) is 0.505. The van der Waals surface area contributed by atoms with Gasteiger partial charge in [-0.1, -0.05) is 11.3 Å². The Labute approximate surface area is 163 Å². The summed E-state index contributed by atoms with van der Waals surface area (Å²) in [6.07, 6.45) is 4.59. The van der Waals surface area contributed by atoms with Crippen molar-refractivity contribution in [2.24, 2.45) is 5.92 Å². The average molecular weight is 415 g/mol. The van der Waals surface area contributed by atoms with Crippen LogP contribution in [0.4, 0.5) is 0 Å². The Bertz CT molecular complexity index is 751. The monoisotopic (exact) mass is 415 g/mol. The third-order valence-electron chi connectivity index (χ3n) is 5.16. The molecule has 10 nitrogen and oxygen atoms in total. The fourth-order valence-electron chi connectivity index (χ4n) is 3.60. The number of amides is 1. The zero-order chi connectivity index (χ0) is 20.1. The molecule has 11 heteroatoms. The van der Waals surface area contributed by atoms with E-state index in [1.54, 1.807) is 12.4 Å². The number of sulfonamides is 1. The van der Waals surface area contributed by atoms with E-state index in [1.165, 1.54) is 4.31 Å². The zero-order valence-electron chi connectivity index (χ0n) is 15.4. The van der Waals surface area contributed by atoms with Crippen molar-refractivity contribution in [3.63, 3.8) is 0 Å². The summed E-state index contributed by atoms with van der Waals surface area (Å²) in [7, 11) is -3.79. The molecule has 0 radical (unpaired) electrons. The third kappa shape index (κ3) is 4.85. The first kappa shape index (κ1) is 21.1. The molecule has 1 aromatic heterocycles. The molecule has 3 rings (SSSR count). The molecule has 28 heavy (non-hydrogen) atoms. The van der Waals surface area contributed by atoms with Crippen LogP contribution in [0.3, 0.4) is 0 Å². The highest BCUT2D eigenvalue weighted by atomic mass is 32.2. The Kier molecular flexibility index (Phi) is 6.96. The highest BCUT2D eigenvalue weighted by Gasteiger charge is 2.45. The second-order valence-electron chi connectivity index (χ2n) is 6.95. The van der Waals surface area contributed by atoms with E-state index < -0.39 is 32.3 Å². The van der Waals surface area contributed by atoms with Gasteiger partial charge in [-0.05, 0) is 30.9 Å². The second kappa shape index (κ2) is 9.25. The van der Waals surface area contributed by atoms with Gasteiger partial charge in [0.2, 0.25) is 10.0 Å². The molecule has 0 aliphatic carbocycles. The highest BCUT2D eigenvalue weighted by Crippen LogP contribution is 2.28. The molecule has 0 bridgehead atoms. The molecule has 2 atom stereocenters. The molecule has 3 heterocycles. The largest absolute Gasteiger partial charge is 0.381 e. The first-order valence-corrected chi connectivity index (χ1v) is 10.7. The standard InChI is InChI=1S/C17H25N3O7S/c21-17(20(22)23)15-12-26-9-5-16(15)28(24,25)19-7-3-14(4-8-19)27-11-13-2-1-6-18-10-13/h1-2,6,10,14-16,22-23H,3-5,7-9,11-12H2. The molecule has 2 fully saturated rings. The molecule has 1 amide bonds. The van der Waals surface area contributed by atoms with Crippen LogP contribution in [0.25, 0.3) is 0 Å². The number of hydroxylamine groups is 2. The van der Waals surface area contributed by atoms with Gasteiger partial charge in [0.25, 0.3) is 5.91 Å². The summed E-state index contributed by atoms with van der Waals surface area (Å²) in [5.41, 5.74) is 0.957. The third-order valence-corrected chi connectivity index (χ3v) is 7.57. The van der Waals surface area contributed by atoms with E-state index in [2.05, 4.69) is 4.98 Å². The predicted octanol–water partition coefficient (Wildman–Crippen LogP) is 0.405. The summed E-state index contributed by atoms with van der Waals surface area (Å²) in [5, 5.41) is 16.4. The van der Waals surface area contributed by atoms with Gasteiger partial charge in [0.05, 0.1) is 30.5 Å².